The first-order valence-electron chi connectivity index (χ1n) is 5.14. The summed E-state index contributed by atoms with van der Waals surface area (Å²) >= 11 is 0. The molecule has 5 heteroatoms. The van der Waals surface area contributed by atoms with Gasteiger partial charge in [-0.05, 0) is 6.42 Å². The Balaban J connectivity index is 2.37. The highest BCUT2D eigenvalue weighted by Gasteiger charge is 2.12. The number of nitrogens with zero attached hydrogens (tertiary/aromatic N) is 2. The predicted molar refractivity (Wildman–Crippen MR) is 57.9 cm³/mol. The molecule has 3 N–H and O–H groups in total. The van der Waals surface area contributed by atoms with Crippen molar-refractivity contribution in [3.63, 3.8) is 0 Å². The van der Waals surface area contributed by atoms with Gasteiger partial charge in [0, 0.05) is 19.4 Å². The Morgan fingerprint density at radius 3 is 3.00 bits per heavy atom. The van der Waals surface area contributed by atoms with Gasteiger partial charge >= 0.3 is 0 Å². The van der Waals surface area contributed by atoms with Crippen molar-refractivity contribution in [1.82, 2.24) is 14.9 Å². The topological polar surface area (TPSA) is 72.9 Å². The molecular weight excluding hydrogens is 192 g/mol. The second-order valence-corrected chi connectivity index (χ2v) is 3.57. The third-order valence-electron chi connectivity index (χ3n) is 2.28. The van der Waals surface area contributed by atoms with Crippen LogP contribution in [-0.4, -0.2) is 21.5 Å². The molecule has 0 spiro atoms. The van der Waals surface area contributed by atoms with Crippen molar-refractivity contribution in [3.8, 4) is 0 Å². The number of rotatable bonds is 5. The number of nitrogens with one attached hydrogen (secondary N) is 1. The second kappa shape index (κ2) is 5.50. The average molecular weight is 210 g/mol. The number of hydrogen-bond acceptors (Lipinski definition) is 3. The fourth-order valence-corrected chi connectivity index (χ4v) is 1.31. The standard InChI is InChI=1S/C10H18N4O/c1-3-4-8(11)10(15)13-7-9-12-5-6-14(9)2/h5-6,8H,3-4,7,11H2,1-2H3,(H,13,15). The van der Waals surface area contributed by atoms with Gasteiger partial charge < -0.3 is 15.6 Å². The Labute approximate surface area is 89.7 Å². The molecule has 0 aliphatic rings. The quantitative estimate of drug-likeness (QED) is 0.727. The van der Waals surface area contributed by atoms with Gasteiger partial charge in [-0.15, -0.1) is 0 Å². The van der Waals surface area contributed by atoms with E-state index >= 15 is 0 Å². The van der Waals surface area contributed by atoms with Crippen molar-refractivity contribution in [2.75, 3.05) is 0 Å². The molecule has 1 amide bonds. The van der Waals surface area contributed by atoms with Gasteiger partial charge in [0.05, 0.1) is 12.6 Å². The van der Waals surface area contributed by atoms with E-state index in [1.165, 1.54) is 0 Å². The summed E-state index contributed by atoms with van der Waals surface area (Å²) in [5.41, 5.74) is 5.67. The molecule has 0 aliphatic carbocycles. The highest BCUT2D eigenvalue weighted by Crippen LogP contribution is 1.96. The van der Waals surface area contributed by atoms with E-state index in [0.29, 0.717) is 13.0 Å². The number of carbonyl (C=O) groups excluding carboxylic acids is 1. The number of aromatic nitrogens is 2. The van der Waals surface area contributed by atoms with E-state index in [2.05, 4.69) is 10.3 Å². The summed E-state index contributed by atoms with van der Waals surface area (Å²) in [7, 11) is 1.89. The monoisotopic (exact) mass is 210 g/mol. The molecule has 0 aliphatic heterocycles. The minimum absolute atomic E-state index is 0.111. The minimum atomic E-state index is -0.407. The van der Waals surface area contributed by atoms with Gasteiger partial charge in [0.25, 0.3) is 0 Å². The predicted octanol–water partition coefficient (Wildman–Crippen LogP) is 0.164. The summed E-state index contributed by atoms with van der Waals surface area (Å²) in [4.78, 5) is 15.6. The van der Waals surface area contributed by atoms with Gasteiger partial charge in [0.2, 0.25) is 5.91 Å². The van der Waals surface area contributed by atoms with Crippen molar-refractivity contribution < 1.29 is 4.79 Å². The Bertz CT molecular complexity index is 321. The van der Waals surface area contributed by atoms with E-state index in [1.807, 2.05) is 24.7 Å². The molecular formula is C10H18N4O. The van der Waals surface area contributed by atoms with Crippen LogP contribution in [0.25, 0.3) is 0 Å². The van der Waals surface area contributed by atoms with Crippen LogP contribution < -0.4 is 11.1 Å². The van der Waals surface area contributed by atoms with Gasteiger partial charge in [0.15, 0.2) is 0 Å². The molecule has 0 bridgehead atoms. The number of imidazole rings is 1. The van der Waals surface area contributed by atoms with Gasteiger partial charge in [-0.2, -0.15) is 0 Å². The Morgan fingerprint density at radius 2 is 2.47 bits per heavy atom. The highest BCUT2D eigenvalue weighted by atomic mass is 16.2. The molecule has 1 heterocycles. The maximum Gasteiger partial charge on any atom is 0.237 e. The number of carbonyl (C=O) groups is 1. The van der Waals surface area contributed by atoms with Gasteiger partial charge in [-0.3, -0.25) is 4.79 Å². The summed E-state index contributed by atoms with van der Waals surface area (Å²) in [6, 6.07) is -0.407. The lowest BCUT2D eigenvalue weighted by Crippen LogP contribution is -2.40. The molecule has 15 heavy (non-hydrogen) atoms. The van der Waals surface area contributed by atoms with Gasteiger partial charge in [0.1, 0.15) is 5.82 Å². The van der Waals surface area contributed by atoms with Crippen molar-refractivity contribution in [2.24, 2.45) is 12.8 Å². The summed E-state index contributed by atoms with van der Waals surface area (Å²) in [6.45, 7) is 2.44. The van der Waals surface area contributed by atoms with Crippen LogP contribution in [0.4, 0.5) is 0 Å². The first-order valence-corrected chi connectivity index (χ1v) is 5.14. The third kappa shape index (κ3) is 3.36. The fraction of sp³-hybridized carbons (Fsp3) is 0.600. The minimum Gasteiger partial charge on any atom is -0.348 e. The molecule has 1 aromatic rings. The normalized spacial score (nSPS) is 12.5. The van der Waals surface area contributed by atoms with Crippen LogP contribution in [0.3, 0.4) is 0 Å². The zero-order valence-corrected chi connectivity index (χ0v) is 9.23. The van der Waals surface area contributed by atoms with Gasteiger partial charge in [-0.1, -0.05) is 13.3 Å². The summed E-state index contributed by atoms with van der Waals surface area (Å²) < 4.78 is 1.87. The first-order chi connectivity index (χ1) is 7.15. The van der Waals surface area contributed by atoms with E-state index in [-0.39, 0.29) is 5.91 Å². The molecule has 0 fully saturated rings. The van der Waals surface area contributed by atoms with Crippen molar-refractivity contribution in [1.29, 1.82) is 0 Å². The van der Waals surface area contributed by atoms with Crippen LogP contribution in [0.2, 0.25) is 0 Å². The number of amides is 1. The molecule has 0 saturated heterocycles. The summed E-state index contributed by atoms with van der Waals surface area (Å²) in [6.07, 6.45) is 5.17. The van der Waals surface area contributed by atoms with Crippen molar-refractivity contribution in [2.45, 2.75) is 32.4 Å². The zero-order chi connectivity index (χ0) is 11.3. The lowest BCUT2D eigenvalue weighted by molar-refractivity contribution is -0.122. The van der Waals surface area contributed by atoms with E-state index < -0.39 is 6.04 Å². The van der Waals surface area contributed by atoms with Crippen LogP contribution in [0.5, 0.6) is 0 Å². The fourth-order valence-electron chi connectivity index (χ4n) is 1.31. The summed E-state index contributed by atoms with van der Waals surface area (Å²) in [5.74, 6) is 0.715. The van der Waals surface area contributed by atoms with E-state index in [9.17, 15) is 4.79 Å². The molecule has 5 nitrogen and oxygen atoms in total. The number of hydrogen-bond donors (Lipinski definition) is 2. The van der Waals surface area contributed by atoms with Crippen LogP contribution >= 0.6 is 0 Å². The average Bonchev–Trinajstić information content (AvgIpc) is 2.61. The lowest BCUT2D eigenvalue weighted by atomic mass is 10.2. The Kier molecular flexibility index (Phi) is 4.30. The van der Waals surface area contributed by atoms with Crippen molar-refractivity contribution in [3.05, 3.63) is 18.2 Å². The molecule has 1 aromatic heterocycles. The lowest BCUT2D eigenvalue weighted by Gasteiger charge is -2.10. The first kappa shape index (κ1) is 11.7. The maximum atomic E-state index is 11.5. The molecule has 1 unspecified atom stereocenters. The largest absolute Gasteiger partial charge is 0.348 e. The second-order valence-electron chi connectivity index (χ2n) is 3.57. The third-order valence-corrected chi connectivity index (χ3v) is 2.28. The van der Waals surface area contributed by atoms with Crippen LogP contribution in [0.15, 0.2) is 12.4 Å². The van der Waals surface area contributed by atoms with E-state index in [0.717, 1.165) is 12.2 Å². The number of nitrogens with two attached hydrogens (primary N) is 1. The van der Waals surface area contributed by atoms with E-state index in [4.69, 9.17) is 5.73 Å². The molecule has 84 valence electrons. The molecule has 0 radical (unpaired) electrons. The van der Waals surface area contributed by atoms with Gasteiger partial charge in [-0.25, -0.2) is 4.98 Å². The zero-order valence-electron chi connectivity index (χ0n) is 9.23. The number of aryl methyl sites for hydroxylation is 1. The maximum absolute atomic E-state index is 11.5. The van der Waals surface area contributed by atoms with Crippen LogP contribution in [-0.2, 0) is 18.4 Å². The van der Waals surface area contributed by atoms with Crippen LogP contribution in [0.1, 0.15) is 25.6 Å². The SMILES string of the molecule is CCCC(N)C(=O)NCc1nccn1C. The summed E-state index contributed by atoms with van der Waals surface area (Å²) in [5, 5.41) is 2.76. The molecule has 1 atom stereocenters. The van der Waals surface area contributed by atoms with Crippen molar-refractivity contribution >= 4 is 5.91 Å². The smallest absolute Gasteiger partial charge is 0.237 e. The van der Waals surface area contributed by atoms with Crippen LogP contribution in [0, 0.1) is 0 Å². The Hall–Kier alpha value is -1.36. The Morgan fingerprint density at radius 1 is 1.73 bits per heavy atom. The molecule has 0 saturated carbocycles. The van der Waals surface area contributed by atoms with E-state index in [1.54, 1.807) is 6.20 Å². The molecule has 0 aromatic carbocycles. The molecule has 1 rings (SSSR count). The highest BCUT2D eigenvalue weighted by molar-refractivity contribution is 5.81.